The lowest BCUT2D eigenvalue weighted by Crippen LogP contribution is -2.27. The van der Waals surface area contributed by atoms with Crippen molar-refractivity contribution < 1.29 is 4.79 Å². The molecule has 0 saturated carbocycles. The Labute approximate surface area is 113 Å². The highest BCUT2D eigenvalue weighted by Crippen LogP contribution is 2.27. The van der Waals surface area contributed by atoms with Gasteiger partial charge >= 0.3 is 0 Å². The Morgan fingerprint density at radius 2 is 2.11 bits per heavy atom. The van der Waals surface area contributed by atoms with E-state index in [2.05, 4.69) is 4.98 Å². The number of rotatable bonds is 4. The summed E-state index contributed by atoms with van der Waals surface area (Å²) in [5.41, 5.74) is 7.78. The highest BCUT2D eigenvalue weighted by atomic mass is 16.1. The van der Waals surface area contributed by atoms with Crippen LogP contribution >= 0.6 is 0 Å². The number of ketones is 1. The predicted octanol–water partition coefficient (Wildman–Crippen LogP) is 2.44. The van der Waals surface area contributed by atoms with Gasteiger partial charge in [-0.15, -0.1) is 0 Å². The van der Waals surface area contributed by atoms with Crippen molar-refractivity contribution in [2.75, 3.05) is 6.54 Å². The average Bonchev–Trinajstić information content (AvgIpc) is 2.63. The molecule has 0 unspecified atom stereocenters. The second-order valence-corrected chi connectivity index (χ2v) is 5.67. The third-order valence-corrected chi connectivity index (χ3v) is 3.75. The second kappa shape index (κ2) is 4.78. The molecular formula is C15H21N3O. The predicted molar refractivity (Wildman–Crippen MR) is 77.2 cm³/mol. The molecule has 0 atom stereocenters. The summed E-state index contributed by atoms with van der Waals surface area (Å²) in [5, 5.41) is 0. The molecule has 0 bridgehead atoms. The first-order valence-electron chi connectivity index (χ1n) is 6.55. The van der Waals surface area contributed by atoms with Gasteiger partial charge in [-0.05, 0) is 38.1 Å². The van der Waals surface area contributed by atoms with Crippen LogP contribution in [-0.4, -0.2) is 21.9 Å². The number of benzene rings is 1. The summed E-state index contributed by atoms with van der Waals surface area (Å²) in [5.74, 6) is 1.07. The molecule has 2 aromatic rings. The van der Waals surface area contributed by atoms with Gasteiger partial charge in [0.1, 0.15) is 5.82 Å². The number of carbonyl (C=O) groups is 1. The summed E-state index contributed by atoms with van der Waals surface area (Å²) in [6.07, 6.45) is 0.686. The molecule has 102 valence electrons. The smallest absolute Gasteiger partial charge is 0.168 e. The maximum absolute atomic E-state index is 12.5. The highest BCUT2D eigenvalue weighted by molar-refractivity contribution is 6.02. The minimum absolute atomic E-state index is 0.128. The van der Waals surface area contributed by atoms with Gasteiger partial charge in [0.15, 0.2) is 5.78 Å². The van der Waals surface area contributed by atoms with Crippen molar-refractivity contribution in [2.24, 2.45) is 18.2 Å². The molecule has 0 spiro atoms. The number of hydrogen-bond acceptors (Lipinski definition) is 3. The SMILES string of the molecule is Cc1nc2cc(C(=O)C(C)(C)CCN)ccc2n1C. The lowest BCUT2D eigenvalue weighted by molar-refractivity contribution is 0.0829. The third kappa shape index (κ3) is 2.40. The topological polar surface area (TPSA) is 60.9 Å². The molecule has 0 radical (unpaired) electrons. The van der Waals surface area contributed by atoms with Crippen LogP contribution in [0.2, 0.25) is 0 Å². The zero-order valence-corrected chi connectivity index (χ0v) is 12.0. The molecule has 0 aliphatic heterocycles. The van der Waals surface area contributed by atoms with E-state index in [0.717, 1.165) is 16.9 Å². The zero-order valence-electron chi connectivity index (χ0n) is 12.0. The number of nitrogens with zero attached hydrogens (tertiary/aromatic N) is 2. The maximum Gasteiger partial charge on any atom is 0.168 e. The number of hydrogen-bond donors (Lipinski definition) is 1. The van der Waals surface area contributed by atoms with E-state index in [1.54, 1.807) is 0 Å². The van der Waals surface area contributed by atoms with E-state index in [1.165, 1.54) is 0 Å². The minimum atomic E-state index is -0.424. The lowest BCUT2D eigenvalue weighted by Gasteiger charge is -2.22. The van der Waals surface area contributed by atoms with Gasteiger partial charge in [0, 0.05) is 18.0 Å². The summed E-state index contributed by atoms with van der Waals surface area (Å²) in [7, 11) is 1.98. The highest BCUT2D eigenvalue weighted by Gasteiger charge is 2.28. The van der Waals surface area contributed by atoms with Gasteiger partial charge in [-0.1, -0.05) is 13.8 Å². The molecule has 2 rings (SSSR count). The van der Waals surface area contributed by atoms with Gasteiger partial charge < -0.3 is 10.3 Å². The Morgan fingerprint density at radius 3 is 2.74 bits per heavy atom. The maximum atomic E-state index is 12.5. The number of nitrogens with two attached hydrogens (primary N) is 1. The fraction of sp³-hybridized carbons (Fsp3) is 0.467. The molecule has 4 heteroatoms. The first-order chi connectivity index (χ1) is 8.86. The zero-order chi connectivity index (χ0) is 14.2. The minimum Gasteiger partial charge on any atom is -0.331 e. The Hall–Kier alpha value is -1.68. The first-order valence-corrected chi connectivity index (χ1v) is 6.55. The van der Waals surface area contributed by atoms with Crippen molar-refractivity contribution in [3.8, 4) is 0 Å². The fourth-order valence-electron chi connectivity index (χ4n) is 2.33. The van der Waals surface area contributed by atoms with Crippen LogP contribution in [0.25, 0.3) is 11.0 Å². The largest absolute Gasteiger partial charge is 0.331 e. The molecule has 0 aliphatic carbocycles. The number of carbonyl (C=O) groups excluding carboxylic acids is 1. The number of Topliss-reactive ketones (excluding diaryl/α,β-unsaturated/α-hetero) is 1. The molecule has 19 heavy (non-hydrogen) atoms. The molecule has 2 N–H and O–H groups in total. The summed E-state index contributed by atoms with van der Waals surface area (Å²) in [4.78, 5) is 17.0. The summed E-state index contributed by atoms with van der Waals surface area (Å²) >= 11 is 0. The Morgan fingerprint density at radius 1 is 1.42 bits per heavy atom. The molecular weight excluding hydrogens is 238 g/mol. The molecule has 0 amide bonds. The normalized spacial score (nSPS) is 12.1. The fourth-order valence-corrected chi connectivity index (χ4v) is 2.33. The standard InChI is InChI=1S/C15H21N3O/c1-10-17-12-9-11(5-6-13(12)18(10)4)14(19)15(2,3)7-8-16/h5-6,9H,7-8,16H2,1-4H3. The summed E-state index contributed by atoms with van der Waals surface area (Å²) < 4.78 is 2.02. The van der Waals surface area contributed by atoms with Crippen molar-refractivity contribution in [1.82, 2.24) is 9.55 Å². The Balaban J connectivity index is 2.44. The molecule has 1 heterocycles. The van der Waals surface area contributed by atoms with Crippen LogP contribution in [0.5, 0.6) is 0 Å². The third-order valence-electron chi connectivity index (χ3n) is 3.75. The van der Waals surface area contributed by atoms with E-state index in [-0.39, 0.29) is 5.78 Å². The van der Waals surface area contributed by atoms with Crippen LogP contribution in [0.3, 0.4) is 0 Å². The number of aryl methyl sites for hydroxylation is 2. The van der Waals surface area contributed by atoms with Gasteiger partial charge in [-0.2, -0.15) is 0 Å². The van der Waals surface area contributed by atoms with Crippen LogP contribution in [0.4, 0.5) is 0 Å². The number of imidazole rings is 1. The second-order valence-electron chi connectivity index (χ2n) is 5.67. The van der Waals surface area contributed by atoms with Gasteiger partial charge in [0.25, 0.3) is 0 Å². The van der Waals surface area contributed by atoms with E-state index in [4.69, 9.17) is 5.73 Å². The summed E-state index contributed by atoms with van der Waals surface area (Å²) in [6, 6.07) is 5.72. The molecule has 1 aromatic heterocycles. The van der Waals surface area contributed by atoms with Crippen LogP contribution in [0.15, 0.2) is 18.2 Å². The van der Waals surface area contributed by atoms with Gasteiger partial charge in [-0.3, -0.25) is 4.79 Å². The monoisotopic (exact) mass is 259 g/mol. The molecule has 0 aliphatic rings. The van der Waals surface area contributed by atoms with E-state index in [1.807, 2.05) is 50.6 Å². The number of aromatic nitrogens is 2. The molecule has 0 fully saturated rings. The van der Waals surface area contributed by atoms with Crippen molar-refractivity contribution in [3.63, 3.8) is 0 Å². The molecule has 1 aromatic carbocycles. The Kier molecular flexibility index (Phi) is 3.45. The lowest BCUT2D eigenvalue weighted by atomic mass is 9.81. The average molecular weight is 259 g/mol. The quantitative estimate of drug-likeness (QED) is 0.858. The van der Waals surface area contributed by atoms with Gasteiger partial charge in [-0.25, -0.2) is 4.98 Å². The van der Waals surface area contributed by atoms with Crippen molar-refractivity contribution in [3.05, 3.63) is 29.6 Å². The van der Waals surface area contributed by atoms with Gasteiger partial charge in [0.05, 0.1) is 11.0 Å². The van der Waals surface area contributed by atoms with Crippen LogP contribution < -0.4 is 5.73 Å². The van der Waals surface area contributed by atoms with E-state index in [9.17, 15) is 4.79 Å². The number of fused-ring (bicyclic) bond motifs is 1. The molecule has 0 saturated heterocycles. The van der Waals surface area contributed by atoms with Crippen molar-refractivity contribution in [1.29, 1.82) is 0 Å². The van der Waals surface area contributed by atoms with Gasteiger partial charge in [0.2, 0.25) is 0 Å². The van der Waals surface area contributed by atoms with E-state index in [0.29, 0.717) is 18.5 Å². The van der Waals surface area contributed by atoms with Crippen molar-refractivity contribution >= 4 is 16.8 Å². The van der Waals surface area contributed by atoms with E-state index < -0.39 is 5.41 Å². The Bertz CT molecular complexity index is 626. The van der Waals surface area contributed by atoms with Crippen LogP contribution in [0, 0.1) is 12.3 Å². The summed E-state index contributed by atoms with van der Waals surface area (Å²) in [6.45, 7) is 6.36. The van der Waals surface area contributed by atoms with E-state index >= 15 is 0 Å². The van der Waals surface area contributed by atoms with Crippen LogP contribution in [-0.2, 0) is 7.05 Å². The molecule has 4 nitrogen and oxygen atoms in total. The van der Waals surface area contributed by atoms with Crippen LogP contribution in [0.1, 0.15) is 36.5 Å². The first kappa shape index (κ1) is 13.7. The van der Waals surface area contributed by atoms with Crippen molar-refractivity contribution in [2.45, 2.75) is 27.2 Å².